The third-order valence-electron chi connectivity index (χ3n) is 17.8. The van der Waals surface area contributed by atoms with Crippen molar-refractivity contribution < 1.29 is 66.5 Å². The minimum absolute atomic E-state index is 0.0426. The number of benzene rings is 4. The number of nitrogens with one attached hydrogen (secondary N) is 4. The SMILES string of the molecule is Cc1ncsc1-c1ccc([C@H](C)NC(=O)[C@@H]2C[C@@H](O)CN2C(=O)C(NC(=O)CCCCCCNC(=O)COc2ccc3c(c2)CN(C(=O)C(NC(=O)c2cc4cc(C(F)(F)P(=O)(O)O)ccc4s2)C(C)(C)C)C(C(=O)N2CCCC(c4ccccc4)C2)C3)C(C)(C)C)cc1. The van der Waals surface area contributed by atoms with E-state index >= 15 is 4.79 Å². The van der Waals surface area contributed by atoms with Crippen molar-refractivity contribution in [2.24, 2.45) is 10.8 Å². The standard InChI is InChI=1S/C69H85F2N8O12PS2/c1-41(43-21-23-45(24-22-43)59-42(2)73-40-93-59)74-62(83)53-35-51(80)38-79(53)65(86)60(67(3,4)5)75-57(81)20-14-9-10-15-29-72-58(82)39-91-52-27-25-46-33-54(64(85)77-30-16-19-47(36-77)44-17-12-11-13-18-44)78(37-49(46)32-52)66(87)61(68(6,7)8)76-63(84)56-34-48-31-50(26-28-55(48)94-56)69(70,71)92(88,89)90/h11-13,17-18,21-28,31-32,34,40-41,47,51,53-54,60-61,80H,9-10,14-16,19-20,29-30,33,35-39H2,1-8H3,(H,72,82)(H,74,83)(H,75,81)(H,76,84)(H2,88,89,90)/t41-,47?,51+,53-,54?,60?,61?/m0/s1. The lowest BCUT2D eigenvalue weighted by Crippen LogP contribution is -2.61. The van der Waals surface area contributed by atoms with Crippen LogP contribution in [0.4, 0.5) is 8.78 Å². The summed E-state index contributed by atoms with van der Waals surface area (Å²) in [5.41, 5.74) is 0.182. The normalized spacial score (nSPS) is 18.8. The maximum Gasteiger partial charge on any atom is 0.399 e. The lowest BCUT2D eigenvalue weighted by Gasteiger charge is -2.43. The Morgan fingerprint density at radius 2 is 1.47 bits per heavy atom. The molecule has 2 saturated heterocycles. The smallest absolute Gasteiger partial charge is 0.399 e. The van der Waals surface area contributed by atoms with Gasteiger partial charge in [-0.25, -0.2) is 4.98 Å². The fraction of sp³-hybridized carbons (Fsp3) is 0.478. The molecule has 3 aliphatic rings. The van der Waals surface area contributed by atoms with Gasteiger partial charge in [-0.1, -0.05) is 121 Å². The van der Waals surface area contributed by atoms with Crippen molar-refractivity contribution in [1.29, 1.82) is 0 Å². The molecule has 7 N–H and O–H groups in total. The van der Waals surface area contributed by atoms with Gasteiger partial charge >= 0.3 is 13.3 Å². The molecule has 3 aliphatic heterocycles. The van der Waals surface area contributed by atoms with Gasteiger partial charge in [-0.15, -0.1) is 22.7 Å². The van der Waals surface area contributed by atoms with Crippen LogP contribution in [0.15, 0.2) is 103 Å². The second-order valence-electron chi connectivity index (χ2n) is 27.1. The molecule has 0 bridgehead atoms. The number of piperidine rings is 1. The predicted octanol–water partition coefficient (Wildman–Crippen LogP) is 9.88. The molecule has 4 aromatic carbocycles. The molecular formula is C69H85F2N8O12PS2. The number of aromatic nitrogens is 1. The molecule has 4 unspecified atom stereocenters. The van der Waals surface area contributed by atoms with E-state index in [9.17, 15) is 57.0 Å². The molecule has 0 spiro atoms. The summed E-state index contributed by atoms with van der Waals surface area (Å²) in [6.45, 7) is 15.5. The first-order valence-electron chi connectivity index (χ1n) is 31.9. The lowest BCUT2D eigenvalue weighted by atomic mass is 9.83. The molecule has 20 nitrogen and oxygen atoms in total. The number of likely N-dealkylation sites (tertiary alicyclic amines) is 2. The second kappa shape index (κ2) is 29.7. The molecule has 5 heterocycles. The zero-order chi connectivity index (χ0) is 68.0. The van der Waals surface area contributed by atoms with Crippen LogP contribution in [0.5, 0.6) is 5.75 Å². The Labute approximate surface area is 554 Å². The van der Waals surface area contributed by atoms with Gasteiger partial charge in [0.05, 0.1) is 33.1 Å². The Bertz CT molecular complexity index is 3790. The summed E-state index contributed by atoms with van der Waals surface area (Å²) in [5, 5.41) is 22.6. The maximum absolute atomic E-state index is 15.2. The number of β-amino-alcohol motifs (C(OH)–C–C–N with tert-alkyl or cyclic N) is 1. The van der Waals surface area contributed by atoms with Crippen molar-refractivity contribution in [3.05, 3.63) is 141 Å². The first-order chi connectivity index (χ1) is 44.4. The van der Waals surface area contributed by atoms with E-state index in [4.69, 9.17) is 4.74 Å². The molecule has 2 fully saturated rings. The fourth-order valence-electron chi connectivity index (χ4n) is 12.5. The number of aryl methyl sites for hydroxylation is 1. The molecule has 0 aliphatic carbocycles. The minimum Gasteiger partial charge on any atom is -0.484 e. The van der Waals surface area contributed by atoms with Gasteiger partial charge in [-0.3, -0.25) is 38.1 Å². The van der Waals surface area contributed by atoms with Gasteiger partial charge in [-0.05, 0) is 114 Å². The number of fused-ring (bicyclic) bond motifs is 2. The first-order valence-corrected chi connectivity index (χ1v) is 35.2. The van der Waals surface area contributed by atoms with Crippen LogP contribution in [0.1, 0.15) is 155 Å². The number of halogens is 2. The van der Waals surface area contributed by atoms with Crippen molar-refractivity contribution in [1.82, 2.24) is 41.0 Å². The average Bonchev–Trinajstić information content (AvgIpc) is 1.21. The van der Waals surface area contributed by atoms with Gasteiger partial charge in [0, 0.05) is 68.2 Å². The number of carbonyl (C=O) groups excluding carboxylic acids is 7. The first kappa shape index (κ1) is 70.8. The summed E-state index contributed by atoms with van der Waals surface area (Å²) in [5.74, 6) is -2.56. The molecule has 6 aromatic rings. The summed E-state index contributed by atoms with van der Waals surface area (Å²) < 4.78 is 47.5. The van der Waals surface area contributed by atoms with E-state index < -0.39 is 83.6 Å². The van der Waals surface area contributed by atoms with Crippen LogP contribution in [0.25, 0.3) is 20.5 Å². The summed E-state index contributed by atoms with van der Waals surface area (Å²) >= 11 is 2.51. The molecule has 504 valence electrons. The van der Waals surface area contributed by atoms with Gasteiger partial charge in [0.2, 0.25) is 29.5 Å². The zero-order valence-corrected chi connectivity index (χ0v) is 56.8. The van der Waals surface area contributed by atoms with Crippen LogP contribution in [-0.2, 0) is 52.0 Å². The van der Waals surface area contributed by atoms with Crippen LogP contribution in [0.2, 0.25) is 0 Å². The minimum atomic E-state index is -5.87. The Kier molecular flexibility index (Phi) is 22.4. The van der Waals surface area contributed by atoms with Gasteiger partial charge in [0.25, 0.3) is 11.8 Å². The molecule has 9 rings (SSSR count). The van der Waals surface area contributed by atoms with E-state index in [2.05, 4.69) is 26.3 Å². The van der Waals surface area contributed by atoms with Crippen LogP contribution < -0.4 is 26.0 Å². The molecule has 0 saturated carbocycles. The molecular weight excluding hydrogens is 1270 g/mol. The van der Waals surface area contributed by atoms with Gasteiger partial charge in [-0.2, -0.15) is 8.78 Å². The topological polar surface area (TPSA) is 277 Å². The van der Waals surface area contributed by atoms with Crippen LogP contribution in [0, 0.1) is 17.8 Å². The number of thiophene rings is 1. The van der Waals surface area contributed by atoms with Crippen molar-refractivity contribution in [2.75, 3.05) is 32.8 Å². The average molecular weight is 1350 g/mol. The molecule has 25 heteroatoms. The lowest BCUT2D eigenvalue weighted by molar-refractivity contribution is -0.150. The molecule has 7 atom stereocenters. The Balaban J connectivity index is 0.771. The van der Waals surface area contributed by atoms with Crippen LogP contribution >= 0.6 is 30.3 Å². The zero-order valence-electron chi connectivity index (χ0n) is 54.3. The Morgan fingerprint density at radius 1 is 0.777 bits per heavy atom. The number of carbonyl (C=O) groups is 7. The maximum atomic E-state index is 15.2. The summed E-state index contributed by atoms with van der Waals surface area (Å²) in [6, 6.07) is 23.1. The number of alkyl halides is 2. The van der Waals surface area contributed by atoms with E-state index in [0.717, 1.165) is 69.1 Å². The van der Waals surface area contributed by atoms with Crippen molar-refractivity contribution in [3.8, 4) is 16.2 Å². The predicted molar refractivity (Wildman–Crippen MR) is 356 cm³/mol. The number of nitrogens with zero attached hydrogens (tertiary/aromatic N) is 4. The van der Waals surface area contributed by atoms with Gasteiger partial charge in [0.1, 0.15) is 29.9 Å². The van der Waals surface area contributed by atoms with Gasteiger partial charge < -0.3 is 55.6 Å². The summed E-state index contributed by atoms with van der Waals surface area (Å²) in [4.78, 5) is 128. The highest BCUT2D eigenvalue weighted by Gasteiger charge is 2.51. The van der Waals surface area contributed by atoms with E-state index in [-0.39, 0.29) is 78.9 Å². The number of hydrogen-bond acceptors (Lipinski definition) is 13. The van der Waals surface area contributed by atoms with Crippen molar-refractivity contribution >= 4 is 81.7 Å². The highest BCUT2D eigenvalue weighted by Crippen LogP contribution is 2.59. The summed E-state index contributed by atoms with van der Waals surface area (Å²) in [6.07, 6.45) is 3.58. The quantitative estimate of drug-likeness (QED) is 0.0233. The number of aliphatic hydroxyl groups excluding tert-OH is 1. The monoisotopic (exact) mass is 1350 g/mol. The van der Waals surface area contributed by atoms with Crippen molar-refractivity contribution in [2.45, 2.75) is 168 Å². The van der Waals surface area contributed by atoms with Gasteiger partial charge in [0.15, 0.2) is 6.61 Å². The number of thiazole rings is 1. The number of aliphatic hydroxyl groups is 1. The number of hydrogen-bond donors (Lipinski definition) is 7. The number of ether oxygens (including phenoxy) is 1. The molecule has 2 aromatic heterocycles. The second-order valence-corrected chi connectivity index (χ2v) is 30.6. The van der Waals surface area contributed by atoms with E-state index in [1.54, 1.807) is 49.8 Å². The molecule has 94 heavy (non-hydrogen) atoms. The third-order valence-corrected chi connectivity index (χ3v) is 20.9. The van der Waals surface area contributed by atoms with E-state index in [1.165, 1.54) is 21.9 Å². The Hall–Kier alpha value is -7.47. The van der Waals surface area contributed by atoms with E-state index in [1.807, 2.05) is 100 Å². The van der Waals surface area contributed by atoms with Crippen LogP contribution in [-0.4, -0.2) is 139 Å². The summed E-state index contributed by atoms with van der Waals surface area (Å²) in [7, 11) is -5.87. The van der Waals surface area contributed by atoms with E-state index in [0.29, 0.717) is 61.3 Å². The Morgan fingerprint density at radius 3 is 2.15 bits per heavy atom. The largest absolute Gasteiger partial charge is 0.484 e. The van der Waals surface area contributed by atoms with Crippen LogP contribution in [0.3, 0.4) is 0 Å². The number of rotatable bonds is 23. The molecule has 7 amide bonds. The number of unbranched alkanes of at least 4 members (excludes halogenated alkanes) is 3. The van der Waals surface area contributed by atoms with Crippen molar-refractivity contribution in [3.63, 3.8) is 0 Å². The number of amides is 7. The molecule has 0 radical (unpaired) electrons. The third kappa shape index (κ3) is 17.0. The highest BCUT2D eigenvalue weighted by molar-refractivity contribution is 7.52. The highest BCUT2D eigenvalue weighted by atomic mass is 32.1. The fourth-order valence-corrected chi connectivity index (χ4v) is 14.7.